The second kappa shape index (κ2) is 5.06. The molecule has 1 aliphatic heterocycles. The number of aromatic nitrogens is 1. The Morgan fingerprint density at radius 3 is 2.65 bits per heavy atom. The fraction of sp³-hybridized carbons (Fsp3) is 0.471. The molecule has 0 aliphatic carbocycles. The number of rotatable bonds is 3. The number of hydrogen-bond donors (Lipinski definition) is 1. The average Bonchev–Trinajstić information content (AvgIpc) is 2.79. The van der Waals surface area contributed by atoms with Crippen molar-refractivity contribution in [2.24, 2.45) is 0 Å². The number of anilines is 1. The molecule has 0 bridgehead atoms. The Morgan fingerprint density at radius 1 is 1.25 bits per heavy atom. The Kier molecular flexibility index (Phi) is 3.38. The molecule has 2 aromatic rings. The highest BCUT2D eigenvalue weighted by molar-refractivity contribution is 5.94. The molecule has 0 atom stereocenters. The van der Waals surface area contributed by atoms with Gasteiger partial charge in [0.05, 0.1) is 0 Å². The number of pyridine rings is 1. The lowest BCUT2D eigenvalue weighted by atomic mass is 10.0. The van der Waals surface area contributed by atoms with E-state index in [1.165, 1.54) is 29.2 Å². The van der Waals surface area contributed by atoms with Gasteiger partial charge in [0, 0.05) is 30.2 Å². The van der Waals surface area contributed by atoms with E-state index in [0.717, 1.165) is 18.9 Å². The summed E-state index contributed by atoms with van der Waals surface area (Å²) in [5.74, 6) is 1.14. The van der Waals surface area contributed by atoms with Crippen LogP contribution in [-0.4, -0.2) is 24.1 Å². The van der Waals surface area contributed by atoms with E-state index in [4.69, 9.17) is 4.98 Å². The van der Waals surface area contributed by atoms with E-state index < -0.39 is 0 Å². The van der Waals surface area contributed by atoms with E-state index in [2.05, 4.69) is 48.3 Å². The number of nitrogens with zero attached hydrogens (tertiary/aromatic N) is 2. The Balaban J connectivity index is 2.15. The van der Waals surface area contributed by atoms with Crippen LogP contribution in [-0.2, 0) is 6.54 Å². The Morgan fingerprint density at radius 2 is 2.00 bits per heavy atom. The Labute approximate surface area is 121 Å². The van der Waals surface area contributed by atoms with Crippen LogP contribution in [0.4, 0.5) is 5.82 Å². The lowest BCUT2D eigenvalue weighted by Gasteiger charge is -2.33. The maximum absolute atomic E-state index is 4.79. The van der Waals surface area contributed by atoms with Crippen LogP contribution in [0.5, 0.6) is 0 Å². The quantitative estimate of drug-likeness (QED) is 0.926. The van der Waals surface area contributed by atoms with Crippen molar-refractivity contribution in [1.82, 2.24) is 10.3 Å². The van der Waals surface area contributed by atoms with Crippen LogP contribution in [0.25, 0.3) is 10.8 Å². The highest BCUT2D eigenvalue weighted by Crippen LogP contribution is 2.36. The third-order valence-corrected chi connectivity index (χ3v) is 4.38. The standard InChI is InChI=1S/C17H23N3/c1-17(2)9-6-10-20(17)16-15-8-5-4-7-14(15)13(11-18-3)12-19-16/h4-5,7-8,12,18H,6,9-11H2,1-3H3. The maximum atomic E-state index is 4.79. The molecule has 1 fully saturated rings. The highest BCUT2D eigenvalue weighted by Gasteiger charge is 2.33. The van der Waals surface area contributed by atoms with E-state index in [1.54, 1.807) is 0 Å². The van der Waals surface area contributed by atoms with Crippen LogP contribution in [0, 0.1) is 0 Å². The number of nitrogens with one attached hydrogen (secondary N) is 1. The molecule has 0 amide bonds. The van der Waals surface area contributed by atoms with Gasteiger partial charge in [0.25, 0.3) is 0 Å². The van der Waals surface area contributed by atoms with Gasteiger partial charge in [0.15, 0.2) is 0 Å². The first-order valence-corrected chi connectivity index (χ1v) is 7.42. The molecule has 1 aromatic carbocycles. The summed E-state index contributed by atoms with van der Waals surface area (Å²) in [4.78, 5) is 7.26. The first-order chi connectivity index (χ1) is 9.63. The van der Waals surface area contributed by atoms with Crippen molar-refractivity contribution in [3.8, 4) is 0 Å². The van der Waals surface area contributed by atoms with Crippen LogP contribution in [0.15, 0.2) is 30.5 Å². The van der Waals surface area contributed by atoms with E-state index in [0.29, 0.717) is 0 Å². The zero-order valence-electron chi connectivity index (χ0n) is 12.6. The summed E-state index contributed by atoms with van der Waals surface area (Å²) in [6, 6.07) is 8.63. The maximum Gasteiger partial charge on any atom is 0.136 e. The third kappa shape index (κ3) is 2.16. The molecule has 0 radical (unpaired) electrons. The van der Waals surface area contributed by atoms with Crippen LogP contribution in [0.1, 0.15) is 32.3 Å². The molecule has 3 nitrogen and oxygen atoms in total. The van der Waals surface area contributed by atoms with Gasteiger partial charge < -0.3 is 10.2 Å². The first kappa shape index (κ1) is 13.4. The van der Waals surface area contributed by atoms with Crippen molar-refractivity contribution in [3.63, 3.8) is 0 Å². The molecule has 1 aliphatic rings. The zero-order valence-corrected chi connectivity index (χ0v) is 12.6. The summed E-state index contributed by atoms with van der Waals surface area (Å²) in [6.07, 6.45) is 4.52. The lowest BCUT2D eigenvalue weighted by molar-refractivity contribution is 0.515. The Bertz CT molecular complexity index is 619. The normalized spacial score (nSPS) is 17.9. The fourth-order valence-corrected chi connectivity index (χ4v) is 3.28. The number of benzene rings is 1. The fourth-order valence-electron chi connectivity index (χ4n) is 3.28. The first-order valence-electron chi connectivity index (χ1n) is 7.42. The third-order valence-electron chi connectivity index (χ3n) is 4.38. The molecule has 1 aromatic heterocycles. The van der Waals surface area contributed by atoms with Crippen molar-refractivity contribution in [1.29, 1.82) is 0 Å². The second-order valence-corrected chi connectivity index (χ2v) is 6.25. The van der Waals surface area contributed by atoms with Crippen LogP contribution in [0.3, 0.4) is 0 Å². The van der Waals surface area contributed by atoms with Gasteiger partial charge in [-0.15, -0.1) is 0 Å². The van der Waals surface area contributed by atoms with Gasteiger partial charge >= 0.3 is 0 Å². The lowest BCUT2D eigenvalue weighted by Crippen LogP contribution is -2.38. The zero-order chi connectivity index (χ0) is 14.2. The molecule has 1 N–H and O–H groups in total. The number of hydrogen-bond acceptors (Lipinski definition) is 3. The van der Waals surface area contributed by atoms with E-state index >= 15 is 0 Å². The summed E-state index contributed by atoms with van der Waals surface area (Å²) < 4.78 is 0. The molecular weight excluding hydrogens is 246 g/mol. The van der Waals surface area contributed by atoms with Crippen molar-refractivity contribution >= 4 is 16.6 Å². The van der Waals surface area contributed by atoms with Crippen LogP contribution < -0.4 is 10.2 Å². The molecule has 20 heavy (non-hydrogen) atoms. The molecule has 0 saturated carbocycles. The molecular formula is C17H23N3. The molecule has 106 valence electrons. The largest absolute Gasteiger partial charge is 0.351 e. The van der Waals surface area contributed by atoms with E-state index in [9.17, 15) is 0 Å². The summed E-state index contributed by atoms with van der Waals surface area (Å²) >= 11 is 0. The summed E-state index contributed by atoms with van der Waals surface area (Å²) in [7, 11) is 1.98. The molecule has 3 rings (SSSR count). The summed E-state index contributed by atoms with van der Waals surface area (Å²) in [5.41, 5.74) is 1.48. The average molecular weight is 269 g/mol. The highest BCUT2D eigenvalue weighted by atomic mass is 15.3. The van der Waals surface area contributed by atoms with Crippen molar-refractivity contribution < 1.29 is 0 Å². The molecule has 0 spiro atoms. The van der Waals surface area contributed by atoms with Gasteiger partial charge in [-0.3, -0.25) is 0 Å². The molecule has 1 saturated heterocycles. The summed E-state index contributed by atoms with van der Waals surface area (Å²) in [6.45, 7) is 6.60. The minimum absolute atomic E-state index is 0.209. The molecule has 0 unspecified atom stereocenters. The topological polar surface area (TPSA) is 28.2 Å². The van der Waals surface area contributed by atoms with Crippen molar-refractivity contribution in [2.45, 2.75) is 38.8 Å². The predicted molar refractivity (Wildman–Crippen MR) is 85.2 cm³/mol. The van der Waals surface area contributed by atoms with Crippen LogP contribution >= 0.6 is 0 Å². The van der Waals surface area contributed by atoms with E-state index in [1.807, 2.05) is 13.2 Å². The van der Waals surface area contributed by atoms with Gasteiger partial charge in [-0.2, -0.15) is 0 Å². The van der Waals surface area contributed by atoms with Gasteiger partial charge in [0.2, 0.25) is 0 Å². The van der Waals surface area contributed by atoms with Gasteiger partial charge in [-0.05, 0) is 44.7 Å². The molecule has 3 heteroatoms. The SMILES string of the molecule is CNCc1cnc(N2CCCC2(C)C)c2ccccc12. The minimum atomic E-state index is 0.209. The molecule has 2 heterocycles. The minimum Gasteiger partial charge on any atom is -0.351 e. The van der Waals surface area contributed by atoms with Gasteiger partial charge in [-0.1, -0.05) is 24.3 Å². The monoisotopic (exact) mass is 269 g/mol. The van der Waals surface area contributed by atoms with Crippen molar-refractivity contribution in [2.75, 3.05) is 18.5 Å². The van der Waals surface area contributed by atoms with Gasteiger partial charge in [-0.25, -0.2) is 4.98 Å². The summed E-state index contributed by atoms with van der Waals surface area (Å²) in [5, 5.41) is 5.82. The smallest absolute Gasteiger partial charge is 0.136 e. The number of fused-ring (bicyclic) bond motifs is 1. The van der Waals surface area contributed by atoms with E-state index in [-0.39, 0.29) is 5.54 Å². The van der Waals surface area contributed by atoms with Crippen LogP contribution in [0.2, 0.25) is 0 Å². The van der Waals surface area contributed by atoms with Crippen molar-refractivity contribution in [3.05, 3.63) is 36.0 Å². The second-order valence-electron chi connectivity index (χ2n) is 6.25. The van der Waals surface area contributed by atoms with Gasteiger partial charge in [0.1, 0.15) is 5.82 Å². The predicted octanol–water partition coefficient (Wildman–Crippen LogP) is 3.33. The Hall–Kier alpha value is -1.61.